The number of hydrogen-bond acceptors (Lipinski definition) is 2. The van der Waals surface area contributed by atoms with E-state index >= 15 is 0 Å². The maximum atomic E-state index is 9.50. The van der Waals surface area contributed by atoms with E-state index in [-0.39, 0.29) is 11.5 Å². The van der Waals surface area contributed by atoms with Crippen molar-refractivity contribution in [2.45, 2.75) is 0 Å². The van der Waals surface area contributed by atoms with Gasteiger partial charge in [0.1, 0.15) is 5.76 Å². The molecule has 4 heteroatoms. The Hall–Kier alpha value is -1.78. The second-order valence-corrected chi connectivity index (χ2v) is 3.34. The van der Waals surface area contributed by atoms with Gasteiger partial charge < -0.3 is 5.11 Å². The molecule has 3 nitrogen and oxygen atoms in total. The third-order valence-electron chi connectivity index (χ3n) is 1.56. The molecule has 0 saturated heterocycles. The van der Waals surface area contributed by atoms with E-state index < -0.39 is 0 Å². The molecular weight excluding hydrogens is 244 g/mol. The number of aliphatic hydroxyl groups is 1. The van der Waals surface area contributed by atoms with E-state index in [2.05, 4.69) is 20.8 Å². The van der Waals surface area contributed by atoms with Gasteiger partial charge in [-0.05, 0) is 12.1 Å². The van der Waals surface area contributed by atoms with Crippen LogP contribution in [0.3, 0.4) is 0 Å². The van der Waals surface area contributed by atoms with Gasteiger partial charge in [0.25, 0.3) is 0 Å². The lowest BCUT2D eigenvalue weighted by atomic mass is 10.1. The van der Waals surface area contributed by atoms with Gasteiger partial charge in [-0.25, -0.2) is 10.1 Å². The van der Waals surface area contributed by atoms with Crippen molar-refractivity contribution < 1.29 is 5.11 Å². The largest absolute Gasteiger partial charge is 0.518 e. The lowest BCUT2D eigenvalue weighted by Gasteiger charge is -1.99. The number of halogens is 1. The molecule has 0 atom stereocenters. The Kier molecular flexibility index (Phi) is 3.28. The van der Waals surface area contributed by atoms with Gasteiger partial charge >= 0.3 is 5.70 Å². The Labute approximate surface area is 89.9 Å². The number of nitrogens with zero attached hydrogens (tertiary/aromatic N) is 2. The Bertz CT molecular complexity index is 432. The van der Waals surface area contributed by atoms with Crippen molar-refractivity contribution >= 4 is 21.7 Å². The van der Waals surface area contributed by atoms with Gasteiger partial charge in [-0.1, -0.05) is 28.1 Å². The van der Waals surface area contributed by atoms with Gasteiger partial charge in [-0.15, -0.1) is 0 Å². The SMILES string of the molecule is [C-]#[N+]/C(C#N)=C(\O)c1ccc(Br)cc1. The van der Waals surface area contributed by atoms with Gasteiger partial charge in [0, 0.05) is 10.0 Å². The van der Waals surface area contributed by atoms with Crippen molar-refractivity contribution in [2.75, 3.05) is 0 Å². The second kappa shape index (κ2) is 4.45. The van der Waals surface area contributed by atoms with Crippen LogP contribution in [0.1, 0.15) is 5.56 Å². The summed E-state index contributed by atoms with van der Waals surface area (Å²) < 4.78 is 0.871. The molecule has 0 bridgehead atoms. The third-order valence-corrected chi connectivity index (χ3v) is 2.09. The number of allylic oxidation sites excluding steroid dienone is 1. The quantitative estimate of drug-likeness (QED) is 0.472. The van der Waals surface area contributed by atoms with Crippen LogP contribution in [0.15, 0.2) is 34.4 Å². The van der Waals surface area contributed by atoms with Crippen LogP contribution in [0.5, 0.6) is 0 Å². The zero-order chi connectivity index (χ0) is 10.6. The molecule has 0 radical (unpaired) electrons. The van der Waals surface area contributed by atoms with E-state index in [0.29, 0.717) is 5.56 Å². The average molecular weight is 249 g/mol. The molecule has 14 heavy (non-hydrogen) atoms. The maximum absolute atomic E-state index is 9.50. The van der Waals surface area contributed by atoms with Crippen LogP contribution < -0.4 is 0 Å². The fourth-order valence-electron chi connectivity index (χ4n) is 0.875. The minimum absolute atomic E-state index is 0.282. The fourth-order valence-corrected chi connectivity index (χ4v) is 1.14. The highest BCUT2D eigenvalue weighted by Crippen LogP contribution is 2.19. The number of nitriles is 1. The van der Waals surface area contributed by atoms with Crippen LogP contribution >= 0.6 is 15.9 Å². The van der Waals surface area contributed by atoms with Crippen molar-refractivity contribution in [3.05, 3.63) is 51.4 Å². The molecule has 0 aromatic heterocycles. The fraction of sp³-hybridized carbons (Fsp3) is 0. The maximum Gasteiger partial charge on any atom is 0.303 e. The number of hydrogen-bond donors (Lipinski definition) is 1. The average Bonchev–Trinajstić information content (AvgIpc) is 2.20. The Morgan fingerprint density at radius 1 is 1.43 bits per heavy atom. The number of benzene rings is 1. The standard InChI is InChI=1S/C10H5BrN2O/c1-13-9(6-12)10(14)7-2-4-8(11)5-3-7/h2-5,14H/b10-9-. The highest BCUT2D eigenvalue weighted by Gasteiger charge is 2.06. The van der Waals surface area contributed by atoms with Crippen LogP contribution in [0.25, 0.3) is 10.6 Å². The van der Waals surface area contributed by atoms with Gasteiger partial charge in [0.2, 0.25) is 0 Å². The molecule has 0 saturated carbocycles. The predicted molar refractivity (Wildman–Crippen MR) is 55.9 cm³/mol. The van der Waals surface area contributed by atoms with E-state index in [0.717, 1.165) is 4.47 Å². The molecule has 1 aromatic carbocycles. The first kappa shape index (κ1) is 10.3. The summed E-state index contributed by atoms with van der Waals surface area (Å²) in [5.74, 6) is -0.282. The summed E-state index contributed by atoms with van der Waals surface area (Å²) in [6, 6.07) is 8.34. The normalized spacial score (nSPS) is 11.1. The monoisotopic (exact) mass is 248 g/mol. The van der Waals surface area contributed by atoms with E-state index in [9.17, 15) is 5.11 Å². The second-order valence-electron chi connectivity index (χ2n) is 2.43. The van der Waals surface area contributed by atoms with Gasteiger partial charge in [0.05, 0.1) is 12.6 Å². The highest BCUT2D eigenvalue weighted by molar-refractivity contribution is 9.10. The summed E-state index contributed by atoms with van der Waals surface area (Å²) in [5, 5.41) is 18.0. The Balaban J connectivity index is 3.21. The van der Waals surface area contributed by atoms with Gasteiger partial charge in [-0.3, -0.25) is 0 Å². The summed E-state index contributed by atoms with van der Waals surface area (Å²) in [7, 11) is 0. The Morgan fingerprint density at radius 2 is 2.00 bits per heavy atom. The first-order chi connectivity index (χ1) is 6.69. The van der Waals surface area contributed by atoms with Crippen molar-refractivity contribution in [2.24, 2.45) is 0 Å². The number of aliphatic hydroxyl groups excluding tert-OH is 1. The Morgan fingerprint density at radius 3 is 2.43 bits per heavy atom. The number of rotatable bonds is 1. The van der Waals surface area contributed by atoms with E-state index in [4.69, 9.17) is 11.8 Å². The molecule has 0 aliphatic rings. The molecule has 0 aliphatic carbocycles. The van der Waals surface area contributed by atoms with Crippen LogP contribution in [0.4, 0.5) is 0 Å². The summed E-state index contributed by atoms with van der Waals surface area (Å²) >= 11 is 3.24. The van der Waals surface area contributed by atoms with Crippen molar-refractivity contribution in [3.8, 4) is 6.07 Å². The molecule has 0 amide bonds. The summed E-state index contributed by atoms with van der Waals surface area (Å²) in [5.41, 5.74) is 0.160. The van der Waals surface area contributed by atoms with Crippen LogP contribution in [-0.4, -0.2) is 5.11 Å². The molecule has 0 heterocycles. The molecule has 1 N–H and O–H groups in total. The molecule has 68 valence electrons. The van der Waals surface area contributed by atoms with E-state index in [1.165, 1.54) is 0 Å². The van der Waals surface area contributed by atoms with Crippen molar-refractivity contribution in [1.29, 1.82) is 5.26 Å². The lowest BCUT2D eigenvalue weighted by molar-refractivity contribution is 0.509. The minimum Gasteiger partial charge on any atom is -0.518 e. The molecule has 0 unspecified atom stereocenters. The first-order valence-electron chi connectivity index (χ1n) is 3.65. The van der Waals surface area contributed by atoms with E-state index in [1.807, 2.05) is 0 Å². The zero-order valence-corrected chi connectivity index (χ0v) is 8.62. The summed E-state index contributed by atoms with van der Waals surface area (Å²) in [6.07, 6.45) is 0. The zero-order valence-electron chi connectivity index (χ0n) is 7.03. The molecule has 0 fully saturated rings. The third kappa shape index (κ3) is 2.12. The van der Waals surface area contributed by atoms with Gasteiger partial charge in [-0.2, -0.15) is 0 Å². The molecule has 0 spiro atoms. The summed E-state index contributed by atoms with van der Waals surface area (Å²) in [6.45, 7) is 6.66. The van der Waals surface area contributed by atoms with Crippen LogP contribution in [0.2, 0.25) is 0 Å². The summed E-state index contributed by atoms with van der Waals surface area (Å²) in [4.78, 5) is 2.91. The van der Waals surface area contributed by atoms with Crippen LogP contribution in [-0.2, 0) is 0 Å². The smallest absolute Gasteiger partial charge is 0.303 e. The molecule has 1 rings (SSSR count). The highest BCUT2D eigenvalue weighted by atomic mass is 79.9. The lowest BCUT2D eigenvalue weighted by Crippen LogP contribution is -1.85. The molecule has 0 aliphatic heterocycles. The molecular formula is C10H5BrN2O. The molecule has 1 aromatic rings. The van der Waals surface area contributed by atoms with Crippen molar-refractivity contribution in [3.63, 3.8) is 0 Å². The predicted octanol–water partition coefficient (Wildman–Crippen LogP) is 3.12. The van der Waals surface area contributed by atoms with Gasteiger partial charge in [0.15, 0.2) is 0 Å². The first-order valence-corrected chi connectivity index (χ1v) is 4.45. The van der Waals surface area contributed by atoms with E-state index in [1.54, 1.807) is 30.3 Å². The van der Waals surface area contributed by atoms with Crippen LogP contribution in [0, 0.1) is 17.9 Å². The minimum atomic E-state index is -0.299. The van der Waals surface area contributed by atoms with Crippen molar-refractivity contribution in [1.82, 2.24) is 0 Å². The topological polar surface area (TPSA) is 48.4 Å².